The summed E-state index contributed by atoms with van der Waals surface area (Å²) in [4.78, 5) is 5.17. The molecule has 0 unspecified atom stereocenters. The molecule has 1 aromatic heterocycles. The normalized spacial score (nSPS) is 13.3. The van der Waals surface area contributed by atoms with Gasteiger partial charge in [0.25, 0.3) is 0 Å². The number of hydrogen-bond acceptors (Lipinski definition) is 1. The van der Waals surface area contributed by atoms with E-state index < -0.39 is 5.41 Å². The molecule has 2 aliphatic carbocycles. The Labute approximate surface area is 313 Å². The third-order valence-electron chi connectivity index (χ3n) is 12.0. The Hall–Kier alpha value is -7.03. The first-order valence-corrected chi connectivity index (χ1v) is 18.7. The molecule has 0 bridgehead atoms. The van der Waals surface area contributed by atoms with Crippen molar-refractivity contribution in [1.82, 2.24) is 9.55 Å². The third kappa shape index (κ3) is 3.92. The van der Waals surface area contributed by atoms with Gasteiger partial charge in [-0.3, -0.25) is 4.57 Å². The summed E-state index contributed by atoms with van der Waals surface area (Å²) in [6, 6.07) is 71.4. The maximum atomic E-state index is 5.17. The first-order chi connectivity index (χ1) is 26.8. The van der Waals surface area contributed by atoms with E-state index in [2.05, 4.69) is 199 Å². The van der Waals surface area contributed by atoms with E-state index in [1.54, 1.807) is 0 Å². The second-order valence-corrected chi connectivity index (χ2v) is 14.7. The first-order valence-electron chi connectivity index (χ1n) is 18.7. The largest absolute Gasteiger partial charge is 0.292 e. The summed E-state index contributed by atoms with van der Waals surface area (Å²) in [6.07, 6.45) is 0. The topological polar surface area (TPSA) is 17.8 Å². The van der Waals surface area contributed by atoms with E-state index in [4.69, 9.17) is 4.98 Å². The van der Waals surface area contributed by atoms with Gasteiger partial charge in [0.2, 0.25) is 0 Å². The van der Waals surface area contributed by atoms with Crippen LogP contribution in [0, 0.1) is 0 Å². The number of para-hydroxylation sites is 3. The lowest BCUT2D eigenvalue weighted by molar-refractivity contribution is 0.802. The van der Waals surface area contributed by atoms with E-state index in [1.807, 2.05) is 0 Å². The Morgan fingerprint density at radius 3 is 1.93 bits per heavy atom. The minimum Gasteiger partial charge on any atom is -0.292 e. The van der Waals surface area contributed by atoms with Crippen LogP contribution in [0.5, 0.6) is 0 Å². The second-order valence-electron chi connectivity index (χ2n) is 14.7. The summed E-state index contributed by atoms with van der Waals surface area (Å²) < 4.78 is 2.27. The van der Waals surface area contributed by atoms with E-state index in [-0.39, 0.29) is 0 Å². The van der Waals surface area contributed by atoms with Crippen LogP contribution in [0.4, 0.5) is 0 Å². The molecular formula is C52H32N2. The van der Waals surface area contributed by atoms with Crippen molar-refractivity contribution in [3.8, 4) is 50.5 Å². The maximum Gasteiger partial charge on any atom is 0.145 e. The molecule has 10 aromatic rings. The summed E-state index contributed by atoms with van der Waals surface area (Å²) >= 11 is 0. The molecule has 2 heteroatoms. The number of imidazole rings is 1. The predicted molar refractivity (Wildman–Crippen MR) is 223 cm³/mol. The Balaban J connectivity index is 1.08. The summed E-state index contributed by atoms with van der Waals surface area (Å²) in [5.74, 6) is 0.938. The third-order valence-corrected chi connectivity index (χ3v) is 12.0. The Morgan fingerprint density at radius 1 is 0.389 bits per heavy atom. The van der Waals surface area contributed by atoms with Crippen LogP contribution in [0.15, 0.2) is 194 Å². The van der Waals surface area contributed by atoms with Gasteiger partial charge in [-0.05, 0) is 126 Å². The summed E-state index contributed by atoms with van der Waals surface area (Å²) in [7, 11) is 0. The van der Waals surface area contributed by atoms with Crippen LogP contribution in [0.25, 0.3) is 83.0 Å². The number of hydrogen-bond donors (Lipinski definition) is 0. The highest BCUT2D eigenvalue weighted by Gasteiger charge is 2.52. The molecule has 0 saturated carbocycles. The van der Waals surface area contributed by atoms with E-state index in [1.165, 1.54) is 77.2 Å². The fraction of sp³-hybridized carbons (Fsp3) is 0.0192. The standard InChI is InChI=1S/C52H32N2/c1-2-16-39(17-3-1)54-49-24-11-10-23-48(49)53-51(54)37-15-12-14-34(29-37)35-25-26-36-31-44-43-28-27-33-13-4-5-18-40(33)50(43)52(47(44)32-38(36)30-35)45-21-8-6-19-41(45)42-20-7-9-22-46(42)52/h1-32H. The molecule has 0 aliphatic heterocycles. The highest BCUT2D eigenvalue weighted by molar-refractivity contribution is 6.06. The van der Waals surface area contributed by atoms with Gasteiger partial charge in [-0.1, -0.05) is 146 Å². The van der Waals surface area contributed by atoms with Crippen LogP contribution < -0.4 is 0 Å². The lowest BCUT2D eigenvalue weighted by Crippen LogP contribution is -2.26. The van der Waals surface area contributed by atoms with Gasteiger partial charge in [0.05, 0.1) is 16.4 Å². The molecule has 2 aliphatic rings. The molecule has 2 nitrogen and oxygen atoms in total. The van der Waals surface area contributed by atoms with Crippen LogP contribution in [-0.4, -0.2) is 9.55 Å². The number of benzene rings is 9. The lowest BCUT2D eigenvalue weighted by atomic mass is 9.69. The van der Waals surface area contributed by atoms with Crippen LogP contribution in [0.1, 0.15) is 22.3 Å². The highest BCUT2D eigenvalue weighted by Crippen LogP contribution is 2.64. The smallest absolute Gasteiger partial charge is 0.145 e. The second kappa shape index (κ2) is 11.0. The Morgan fingerprint density at radius 2 is 1.07 bits per heavy atom. The monoisotopic (exact) mass is 684 g/mol. The minimum absolute atomic E-state index is 0.417. The van der Waals surface area contributed by atoms with E-state index in [0.29, 0.717) is 0 Å². The number of rotatable bonds is 3. The number of fused-ring (bicyclic) bond motifs is 14. The molecule has 250 valence electrons. The fourth-order valence-electron chi connectivity index (χ4n) is 9.74. The van der Waals surface area contributed by atoms with Crippen LogP contribution in [-0.2, 0) is 5.41 Å². The van der Waals surface area contributed by atoms with Gasteiger partial charge in [-0.2, -0.15) is 0 Å². The highest BCUT2D eigenvalue weighted by atomic mass is 15.1. The molecule has 9 aromatic carbocycles. The summed E-state index contributed by atoms with van der Waals surface area (Å²) in [5, 5.41) is 5.08. The van der Waals surface area contributed by atoms with Crippen LogP contribution in [0.2, 0.25) is 0 Å². The van der Waals surface area contributed by atoms with Gasteiger partial charge in [-0.25, -0.2) is 4.98 Å². The van der Waals surface area contributed by atoms with Gasteiger partial charge in [0.1, 0.15) is 5.82 Å². The molecular weight excluding hydrogens is 653 g/mol. The predicted octanol–water partition coefficient (Wildman–Crippen LogP) is 13.0. The van der Waals surface area contributed by atoms with Crippen molar-refractivity contribution < 1.29 is 0 Å². The molecule has 0 saturated heterocycles. The first kappa shape index (κ1) is 29.5. The van der Waals surface area contributed by atoms with Crippen molar-refractivity contribution in [1.29, 1.82) is 0 Å². The van der Waals surface area contributed by atoms with Crippen molar-refractivity contribution in [3.05, 3.63) is 216 Å². The molecule has 54 heavy (non-hydrogen) atoms. The van der Waals surface area contributed by atoms with Gasteiger partial charge in [-0.15, -0.1) is 0 Å². The average molecular weight is 685 g/mol. The SMILES string of the molecule is c1ccc(-n2c(-c3cccc(-c4ccc5cc6c(cc5c4)C4(c5ccccc5-c5ccccc54)c4c-6ccc5ccccc45)c3)nc3ccccc32)cc1. The molecule has 1 heterocycles. The van der Waals surface area contributed by atoms with Gasteiger partial charge in [0.15, 0.2) is 0 Å². The van der Waals surface area contributed by atoms with Gasteiger partial charge < -0.3 is 0 Å². The van der Waals surface area contributed by atoms with Crippen LogP contribution >= 0.6 is 0 Å². The summed E-state index contributed by atoms with van der Waals surface area (Å²) in [5.41, 5.74) is 17.0. The zero-order valence-electron chi connectivity index (χ0n) is 29.4. The Bertz CT molecular complexity index is 3120. The maximum absolute atomic E-state index is 5.17. The van der Waals surface area contributed by atoms with Gasteiger partial charge >= 0.3 is 0 Å². The van der Waals surface area contributed by atoms with E-state index >= 15 is 0 Å². The zero-order chi connectivity index (χ0) is 35.4. The average Bonchev–Trinajstić information content (AvgIpc) is 3.87. The molecule has 0 N–H and O–H groups in total. The zero-order valence-corrected chi connectivity index (χ0v) is 29.4. The number of nitrogens with zero attached hydrogens (tertiary/aromatic N) is 2. The quantitative estimate of drug-likeness (QED) is 0.181. The minimum atomic E-state index is -0.417. The lowest BCUT2D eigenvalue weighted by Gasteiger charge is -2.31. The molecule has 1 spiro atoms. The molecule has 0 atom stereocenters. The summed E-state index contributed by atoms with van der Waals surface area (Å²) in [6.45, 7) is 0. The fourth-order valence-corrected chi connectivity index (χ4v) is 9.74. The molecule has 0 amide bonds. The van der Waals surface area contributed by atoms with Crippen molar-refractivity contribution in [2.45, 2.75) is 5.41 Å². The van der Waals surface area contributed by atoms with Crippen molar-refractivity contribution in [2.24, 2.45) is 0 Å². The molecule has 0 fully saturated rings. The number of aromatic nitrogens is 2. The van der Waals surface area contributed by atoms with E-state index in [9.17, 15) is 0 Å². The molecule has 0 radical (unpaired) electrons. The Kier molecular flexibility index (Phi) is 6.01. The molecule has 12 rings (SSSR count). The van der Waals surface area contributed by atoms with Crippen molar-refractivity contribution >= 4 is 32.6 Å². The van der Waals surface area contributed by atoms with E-state index in [0.717, 1.165) is 28.1 Å². The van der Waals surface area contributed by atoms with Gasteiger partial charge in [0, 0.05) is 11.3 Å². The van der Waals surface area contributed by atoms with Crippen LogP contribution in [0.3, 0.4) is 0 Å². The van der Waals surface area contributed by atoms with Crippen molar-refractivity contribution in [2.75, 3.05) is 0 Å². The van der Waals surface area contributed by atoms with Crippen molar-refractivity contribution in [3.63, 3.8) is 0 Å².